The smallest absolute Gasteiger partial charge is 0.217 e. The lowest BCUT2D eigenvalue weighted by atomic mass is 10.0. The van der Waals surface area contributed by atoms with Crippen LogP contribution < -0.4 is 5.32 Å². The molecule has 3 N–H and O–H groups in total. The van der Waals surface area contributed by atoms with Crippen LogP contribution in [-0.2, 0) is 0 Å². The van der Waals surface area contributed by atoms with Crippen molar-refractivity contribution in [2.24, 2.45) is 0 Å². The lowest BCUT2D eigenvalue weighted by Gasteiger charge is -2.14. The van der Waals surface area contributed by atoms with Crippen LogP contribution in [0.2, 0.25) is 0 Å². The monoisotopic (exact) mass is 230 g/mol. The van der Waals surface area contributed by atoms with Gasteiger partial charge in [-0.15, -0.1) is 0 Å². The Morgan fingerprint density at radius 2 is 2.24 bits per heavy atom. The van der Waals surface area contributed by atoms with Gasteiger partial charge in [0.2, 0.25) is 5.78 Å². The first-order valence-electron chi connectivity index (χ1n) is 5.17. The fourth-order valence-corrected chi connectivity index (χ4v) is 2.11. The van der Waals surface area contributed by atoms with Crippen molar-refractivity contribution >= 4 is 22.4 Å². The van der Waals surface area contributed by atoms with E-state index in [1.165, 1.54) is 13.0 Å². The highest BCUT2D eigenvalue weighted by Gasteiger charge is 2.42. The minimum atomic E-state index is -1.68. The summed E-state index contributed by atoms with van der Waals surface area (Å²) in [5.74, 6) is -0.543. The summed E-state index contributed by atoms with van der Waals surface area (Å²) in [6.07, 6.45) is 1.58. The second-order valence-corrected chi connectivity index (χ2v) is 4.24. The van der Waals surface area contributed by atoms with Crippen LogP contribution in [-0.4, -0.2) is 26.7 Å². The number of phenolic OH excluding ortho intramolecular Hbond substituents is 1. The Kier molecular flexibility index (Phi) is 1.74. The third kappa shape index (κ3) is 1.23. The number of pyridine rings is 1. The van der Waals surface area contributed by atoms with Crippen molar-refractivity contribution in [1.29, 1.82) is 0 Å². The number of fused-ring (bicyclic) bond motifs is 3. The van der Waals surface area contributed by atoms with E-state index in [4.69, 9.17) is 0 Å². The number of aromatic nitrogens is 1. The van der Waals surface area contributed by atoms with Crippen molar-refractivity contribution in [3.8, 4) is 5.75 Å². The first-order chi connectivity index (χ1) is 8.00. The fourth-order valence-electron chi connectivity index (χ4n) is 2.11. The number of carbonyl (C=O) groups is 1. The maximum atomic E-state index is 12.0. The van der Waals surface area contributed by atoms with Gasteiger partial charge in [0, 0.05) is 17.6 Å². The first kappa shape index (κ1) is 10.0. The molecule has 0 spiro atoms. The fraction of sp³-hybridized carbons (Fsp3) is 0.167. The largest absolute Gasteiger partial charge is 0.506 e. The van der Waals surface area contributed by atoms with E-state index in [1.54, 1.807) is 18.3 Å². The number of hydrogen-bond donors (Lipinski definition) is 3. The summed E-state index contributed by atoms with van der Waals surface area (Å²) in [6, 6.07) is 4.91. The van der Waals surface area contributed by atoms with Gasteiger partial charge in [-0.05, 0) is 13.0 Å². The quantitative estimate of drug-likeness (QED) is 0.593. The van der Waals surface area contributed by atoms with E-state index in [1.807, 2.05) is 0 Å². The summed E-state index contributed by atoms with van der Waals surface area (Å²) in [7, 11) is 0. The van der Waals surface area contributed by atoms with Gasteiger partial charge in [0.05, 0.1) is 16.8 Å². The van der Waals surface area contributed by atoms with Crippen LogP contribution >= 0.6 is 0 Å². The zero-order valence-electron chi connectivity index (χ0n) is 9.06. The Labute approximate surface area is 96.7 Å². The Hall–Kier alpha value is -2.14. The van der Waals surface area contributed by atoms with E-state index in [0.717, 1.165) is 0 Å². The average molecular weight is 230 g/mol. The zero-order chi connectivity index (χ0) is 12.2. The molecule has 1 aliphatic rings. The molecule has 1 atom stereocenters. The van der Waals surface area contributed by atoms with E-state index in [-0.39, 0.29) is 17.0 Å². The van der Waals surface area contributed by atoms with Crippen molar-refractivity contribution in [3.63, 3.8) is 0 Å². The standard InChI is InChI=1S/C12H10N2O3/c1-12(17)11(16)9-6-3-2-4-13-7(6)5-8(15)10(9)14-12/h2-5,14-15,17H,1H3. The molecule has 1 aliphatic heterocycles. The molecule has 17 heavy (non-hydrogen) atoms. The lowest BCUT2D eigenvalue weighted by Crippen LogP contribution is -2.37. The number of rotatable bonds is 0. The number of anilines is 1. The number of Topliss-reactive ketones (excluding diaryl/α,β-unsaturated/α-hetero) is 1. The molecule has 0 amide bonds. The predicted octanol–water partition coefficient (Wildman–Crippen LogP) is 1.26. The van der Waals surface area contributed by atoms with Gasteiger partial charge in [-0.2, -0.15) is 0 Å². The van der Waals surface area contributed by atoms with E-state index in [9.17, 15) is 15.0 Å². The first-order valence-corrected chi connectivity index (χ1v) is 5.17. The third-order valence-corrected chi connectivity index (χ3v) is 2.93. The number of nitrogens with one attached hydrogen (secondary N) is 1. The second kappa shape index (κ2) is 2.95. The SMILES string of the molecule is CC1(O)Nc2c(O)cc3ncccc3c2C1=O. The van der Waals surface area contributed by atoms with Gasteiger partial charge in [0.15, 0.2) is 5.72 Å². The maximum absolute atomic E-state index is 12.0. The number of ketones is 1. The summed E-state index contributed by atoms with van der Waals surface area (Å²) < 4.78 is 0. The number of phenols is 1. The van der Waals surface area contributed by atoms with Gasteiger partial charge >= 0.3 is 0 Å². The Balaban J connectivity index is 2.44. The maximum Gasteiger partial charge on any atom is 0.217 e. The van der Waals surface area contributed by atoms with Crippen LogP contribution in [0.15, 0.2) is 24.4 Å². The van der Waals surface area contributed by atoms with E-state index in [2.05, 4.69) is 10.3 Å². The van der Waals surface area contributed by atoms with Crippen LogP contribution in [0.1, 0.15) is 17.3 Å². The van der Waals surface area contributed by atoms with Gasteiger partial charge in [-0.1, -0.05) is 6.07 Å². The molecular weight excluding hydrogens is 220 g/mol. The van der Waals surface area contributed by atoms with Gasteiger partial charge in [-0.25, -0.2) is 0 Å². The molecule has 0 radical (unpaired) electrons. The topological polar surface area (TPSA) is 82.4 Å². The van der Waals surface area contributed by atoms with Gasteiger partial charge in [0.1, 0.15) is 5.75 Å². The number of carbonyl (C=O) groups excluding carboxylic acids is 1. The molecule has 1 aromatic carbocycles. The highest BCUT2D eigenvalue weighted by Crippen LogP contribution is 2.41. The van der Waals surface area contributed by atoms with Crippen molar-refractivity contribution in [1.82, 2.24) is 4.98 Å². The highest BCUT2D eigenvalue weighted by molar-refractivity contribution is 6.20. The zero-order valence-corrected chi connectivity index (χ0v) is 9.06. The Morgan fingerprint density at radius 1 is 1.47 bits per heavy atom. The number of hydrogen-bond acceptors (Lipinski definition) is 5. The molecule has 86 valence electrons. The van der Waals surface area contributed by atoms with Gasteiger partial charge < -0.3 is 15.5 Å². The van der Waals surface area contributed by atoms with E-state index in [0.29, 0.717) is 10.9 Å². The predicted molar refractivity (Wildman–Crippen MR) is 62.0 cm³/mol. The van der Waals surface area contributed by atoms with E-state index < -0.39 is 11.5 Å². The van der Waals surface area contributed by atoms with Crippen LogP contribution in [0, 0.1) is 0 Å². The van der Waals surface area contributed by atoms with Crippen LogP contribution in [0.4, 0.5) is 5.69 Å². The molecule has 2 heterocycles. The number of benzene rings is 1. The molecule has 0 aliphatic carbocycles. The molecule has 0 saturated carbocycles. The molecular formula is C12H10N2O3. The molecule has 0 fully saturated rings. The molecule has 3 rings (SSSR count). The number of aromatic hydroxyl groups is 1. The molecule has 0 bridgehead atoms. The highest BCUT2D eigenvalue weighted by atomic mass is 16.3. The Morgan fingerprint density at radius 3 is 3.00 bits per heavy atom. The summed E-state index contributed by atoms with van der Waals surface area (Å²) >= 11 is 0. The number of nitrogens with zero attached hydrogens (tertiary/aromatic N) is 1. The van der Waals surface area contributed by atoms with Gasteiger partial charge in [-0.3, -0.25) is 9.78 Å². The molecule has 5 heteroatoms. The number of aliphatic hydroxyl groups is 1. The molecule has 5 nitrogen and oxygen atoms in total. The normalized spacial score (nSPS) is 22.6. The van der Waals surface area contributed by atoms with Gasteiger partial charge in [0.25, 0.3) is 0 Å². The minimum absolute atomic E-state index is 0.0858. The third-order valence-electron chi connectivity index (χ3n) is 2.93. The molecule has 2 aromatic rings. The van der Waals surface area contributed by atoms with E-state index >= 15 is 0 Å². The molecule has 1 aromatic heterocycles. The lowest BCUT2D eigenvalue weighted by molar-refractivity contribution is 0.0558. The minimum Gasteiger partial charge on any atom is -0.506 e. The van der Waals surface area contributed by atoms with Crippen molar-refractivity contribution in [2.75, 3.05) is 5.32 Å². The average Bonchev–Trinajstić information content (AvgIpc) is 2.52. The second-order valence-electron chi connectivity index (χ2n) is 4.24. The molecule has 1 unspecified atom stereocenters. The van der Waals surface area contributed by atoms with Crippen LogP contribution in [0.25, 0.3) is 10.9 Å². The van der Waals surface area contributed by atoms with Crippen LogP contribution in [0.3, 0.4) is 0 Å². The summed E-state index contributed by atoms with van der Waals surface area (Å²) in [5, 5.41) is 22.9. The summed E-state index contributed by atoms with van der Waals surface area (Å²) in [6.45, 7) is 1.36. The summed E-state index contributed by atoms with van der Waals surface area (Å²) in [5.41, 5.74) is -0.598. The molecule has 0 saturated heterocycles. The van der Waals surface area contributed by atoms with Crippen molar-refractivity contribution in [2.45, 2.75) is 12.6 Å². The Bertz CT molecular complexity index is 649. The van der Waals surface area contributed by atoms with Crippen molar-refractivity contribution < 1.29 is 15.0 Å². The van der Waals surface area contributed by atoms with Crippen molar-refractivity contribution in [3.05, 3.63) is 30.0 Å². The summed E-state index contributed by atoms with van der Waals surface area (Å²) in [4.78, 5) is 16.1. The van der Waals surface area contributed by atoms with Crippen LogP contribution in [0.5, 0.6) is 5.75 Å².